The topological polar surface area (TPSA) is 66.6 Å². The van der Waals surface area contributed by atoms with Gasteiger partial charge in [-0.3, -0.25) is 4.79 Å². The number of carboxylic acid groups (broad SMARTS) is 1. The molecule has 1 fully saturated rings. The monoisotopic (exact) mass is 254 g/mol. The fraction of sp³-hybridized carbons (Fsp3) is 0.462. The number of nitrogens with two attached hydrogens (primary N) is 1. The molecule has 0 saturated carbocycles. The van der Waals surface area contributed by atoms with Crippen molar-refractivity contribution < 1.29 is 14.3 Å². The average Bonchev–Trinajstić information content (AvgIpc) is 2.30. The molecule has 0 spiro atoms. The van der Waals surface area contributed by atoms with E-state index in [1.807, 2.05) is 12.1 Å². The number of nitrogens with zero attached hydrogens (tertiary/aromatic N) is 1. The van der Waals surface area contributed by atoms with E-state index in [1.165, 1.54) is 6.07 Å². The van der Waals surface area contributed by atoms with Crippen molar-refractivity contribution in [3.8, 4) is 0 Å². The number of hydrogen-bond acceptors (Lipinski definition) is 3. The van der Waals surface area contributed by atoms with E-state index in [4.69, 9.17) is 15.6 Å². The molecular weight excluding hydrogens is 235 g/mol. The normalized spacial score (nSPS) is 15.8. The molecule has 1 heterocycles. The van der Waals surface area contributed by atoms with Gasteiger partial charge in [-0.15, -0.1) is 0 Å². The van der Waals surface area contributed by atoms with Crippen molar-refractivity contribution >= 4 is 11.7 Å². The van der Waals surface area contributed by atoms with Gasteiger partial charge in [-0.05, 0) is 25.0 Å². The van der Waals surface area contributed by atoms with Crippen LogP contribution in [0.1, 0.15) is 19.8 Å². The molecule has 1 aliphatic rings. The molecule has 5 heteroatoms. The molecule has 0 atom stereocenters. The Hall–Kier alpha value is -1.62. The lowest BCUT2D eigenvalue weighted by Gasteiger charge is -2.32. The first-order chi connectivity index (χ1) is 8.50. The number of hydrogen-bond donors (Lipinski definition) is 2. The van der Waals surface area contributed by atoms with Crippen LogP contribution >= 0.6 is 0 Å². The number of rotatable bonds is 1. The SMILES string of the molecule is CC(=O)O.NC1CCN(c2ccccc2F)CC1. The van der Waals surface area contributed by atoms with Crippen LogP contribution in [0.4, 0.5) is 10.1 Å². The molecular formula is C13H19FN2O2. The van der Waals surface area contributed by atoms with Crippen LogP contribution < -0.4 is 10.6 Å². The van der Waals surface area contributed by atoms with E-state index in [0.29, 0.717) is 5.69 Å². The van der Waals surface area contributed by atoms with Crippen molar-refractivity contribution in [2.45, 2.75) is 25.8 Å². The van der Waals surface area contributed by atoms with Gasteiger partial charge in [0.25, 0.3) is 5.97 Å². The molecule has 18 heavy (non-hydrogen) atoms. The van der Waals surface area contributed by atoms with Crippen LogP contribution in [0.2, 0.25) is 0 Å². The van der Waals surface area contributed by atoms with Gasteiger partial charge in [-0.25, -0.2) is 4.39 Å². The molecule has 0 amide bonds. The molecule has 1 aromatic rings. The zero-order valence-corrected chi connectivity index (χ0v) is 10.5. The van der Waals surface area contributed by atoms with E-state index in [2.05, 4.69) is 4.90 Å². The van der Waals surface area contributed by atoms with Crippen LogP contribution in [-0.2, 0) is 4.79 Å². The van der Waals surface area contributed by atoms with Gasteiger partial charge < -0.3 is 15.7 Å². The lowest BCUT2D eigenvalue weighted by atomic mass is 10.1. The fourth-order valence-electron chi connectivity index (χ4n) is 1.85. The molecule has 3 N–H and O–H groups in total. The largest absolute Gasteiger partial charge is 0.481 e. The zero-order valence-electron chi connectivity index (χ0n) is 10.5. The van der Waals surface area contributed by atoms with E-state index in [1.54, 1.807) is 6.07 Å². The number of para-hydroxylation sites is 1. The van der Waals surface area contributed by atoms with Gasteiger partial charge in [0.15, 0.2) is 0 Å². The number of piperidine rings is 1. The second-order valence-corrected chi connectivity index (χ2v) is 4.29. The highest BCUT2D eigenvalue weighted by Crippen LogP contribution is 2.22. The van der Waals surface area contributed by atoms with Crippen LogP contribution in [0.3, 0.4) is 0 Å². The summed E-state index contributed by atoms with van der Waals surface area (Å²) in [6.45, 7) is 2.81. The first kappa shape index (κ1) is 14.4. The highest BCUT2D eigenvalue weighted by molar-refractivity contribution is 5.62. The minimum absolute atomic E-state index is 0.136. The van der Waals surface area contributed by atoms with Crippen molar-refractivity contribution in [2.75, 3.05) is 18.0 Å². The van der Waals surface area contributed by atoms with E-state index in [9.17, 15) is 4.39 Å². The summed E-state index contributed by atoms with van der Waals surface area (Å²) in [5, 5.41) is 7.42. The van der Waals surface area contributed by atoms with Crippen LogP contribution in [0.25, 0.3) is 0 Å². The van der Waals surface area contributed by atoms with Gasteiger partial charge in [0.2, 0.25) is 0 Å². The lowest BCUT2D eigenvalue weighted by Crippen LogP contribution is -2.40. The summed E-state index contributed by atoms with van der Waals surface area (Å²) >= 11 is 0. The molecule has 1 saturated heterocycles. The summed E-state index contributed by atoms with van der Waals surface area (Å²) in [5.41, 5.74) is 6.50. The second kappa shape index (κ2) is 6.96. The number of anilines is 1. The van der Waals surface area contributed by atoms with Crippen molar-refractivity contribution in [3.63, 3.8) is 0 Å². The molecule has 0 aromatic heterocycles. The van der Waals surface area contributed by atoms with E-state index >= 15 is 0 Å². The summed E-state index contributed by atoms with van der Waals surface area (Å²) in [4.78, 5) is 11.1. The lowest BCUT2D eigenvalue weighted by molar-refractivity contribution is -0.134. The van der Waals surface area contributed by atoms with Gasteiger partial charge in [-0.1, -0.05) is 12.1 Å². The Bertz CT molecular complexity index is 386. The van der Waals surface area contributed by atoms with Gasteiger partial charge in [-0.2, -0.15) is 0 Å². The first-order valence-corrected chi connectivity index (χ1v) is 5.95. The molecule has 0 aliphatic carbocycles. The Morgan fingerprint density at radius 3 is 2.39 bits per heavy atom. The Morgan fingerprint density at radius 2 is 1.89 bits per heavy atom. The van der Waals surface area contributed by atoms with Gasteiger partial charge >= 0.3 is 0 Å². The van der Waals surface area contributed by atoms with Crippen molar-refractivity contribution in [2.24, 2.45) is 5.73 Å². The number of carbonyl (C=O) groups is 1. The molecule has 2 rings (SSSR count). The maximum absolute atomic E-state index is 13.4. The van der Waals surface area contributed by atoms with Crippen molar-refractivity contribution in [3.05, 3.63) is 30.1 Å². The van der Waals surface area contributed by atoms with Gasteiger partial charge in [0.05, 0.1) is 5.69 Å². The minimum Gasteiger partial charge on any atom is -0.481 e. The second-order valence-electron chi connectivity index (χ2n) is 4.29. The Kier molecular flexibility index (Phi) is 5.58. The third kappa shape index (κ3) is 4.71. The minimum atomic E-state index is -0.833. The summed E-state index contributed by atoms with van der Waals surface area (Å²) in [6, 6.07) is 7.20. The van der Waals surface area contributed by atoms with E-state index < -0.39 is 5.97 Å². The quantitative estimate of drug-likeness (QED) is 0.802. The maximum atomic E-state index is 13.4. The van der Waals surface area contributed by atoms with Crippen LogP contribution in [0, 0.1) is 5.82 Å². The van der Waals surface area contributed by atoms with Crippen LogP contribution in [-0.4, -0.2) is 30.2 Å². The number of benzene rings is 1. The molecule has 100 valence electrons. The van der Waals surface area contributed by atoms with E-state index in [-0.39, 0.29) is 11.9 Å². The highest BCUT2D eigenvalue weighted by atomic mass is 19.1. The maximum Gasteiger partial charge on any atom is 0.300 e. The van der Waals surface area contributed by atoms with Gasteiger partial charge in [0, 0.05) is 26.1 Å². The fourth-order valence-corrected chi connectivity index (χ4v) is 1.85. The zero-order chi connectivity index (χ0) is 13.5. The average molecular weight is 254 g/mol. The third-order valence-electron chi connectivity index (χ3n) is 2.73. The number of carboxylic acids is 1. The molecule has 0 bridgehead atoms. The van der Waals surface area contributed by atoms with E-state index in [0.717, 1.165) is 32.9 Å². The highest BCUT2D eigenvalue weighted by Gasteiger charge is 2.17. The van der Waals surface area contributed by atoms with Gasteiger partial charge in [0.1, 0.15) is 5.82 Å². The first-order valence-electron chi connectivity index (χ1n) is 5.95. The Balaban J connectivity index is 0.000000357. The Morgan fingerprint density at radius 1 is 1.39 bits per heavy atom. The molecule has 4 nitrogen and oxygen atoms in total. The predicted molar refractivity (Wildman–Crippen MR) is 69.1 cm³/mol. The summed E-state index contributed by atoms with van der Waals surface area (Å²) in [5.74, 6) is -0.969. The van der Waals surface area contributed by atoms with Crippen molar-refractivity contribution in [1.82, 2.24) is 0 Å². The standard InChI is InChI=1S/C11H15FN2.C2H4O2/c12-10-3-1-2-4-11(10)14-7-5-9(13)6-8-14;1-2(3)4/h1-4,9H,5-8,13H2;1H3,(H,3,4). The van der Waals surface area contributed by atoms with Crippen LogP contribution in [0.15, 0.2) is 24.3 Å². The molecule has 0 unspecified atom stereocenters. The summed E-state index contributed by atoms with van der Waals surface area (Å²) in [6.07, 6.45) is 1.91. The van der Waals surface area contributed by atoms with Crippen molar-refractivity contribution in [1.29, 1.82) is 0 Å². The molecule has 1 aromatic carbocycles. The number of aliphatic carboxylic acids is 1. The Labute approximate surface area is 106 Å². The predicted octanol–water partition coefficient (Wildman–Crippen LogP) is 1.84. The summed E-state index contributed by atoms with van der Waals surface area (Å²) in [7, 11) is 0. The smallest absolute Gasteiger partial charge is 0.300 e. The molecule has 1 aliphatic heterocycles. The van der Waals surface area contributed by atoms with Crippen LogP contribution in [0.5, 0.6) is 0 Å². The number of halogens is 1. The summed E-state index contributed by atoms with van der Waals surface area (Å²) < 4.78 is 13.4. The third-order valence-corrected chi connectivity index (χ3v) is 2.73. The molecule has 0 radical (unpaired) electrons.